The minimum absolute atomic E-state index is 0.464. The lowest BCUT2D eigenvalue weighted by atomic mass is 9.66. The Hall–Kier alpha value is -3.54. The van der Waals surface area contributed by atoms with Crippen LogP contribution >= 0.6 is 15.9 Å². The maximum Gasteiger partial charge on any atom is 0.182 e. The van der Waals surface area contributed by atoms with Crippen LogP contribution in [0, 0.1) is 12.1 Å². The third kappa shape index (κ3) is 2.12. The van der Waals surface area contributed by atoms with Crippen molar-refractivity contribution in [3.8, 4) is 22.6 Å². The first-order chi connectivity index (χ1) is 15.3. The molecule has 0 saturated heterocycles. The third-order valence-corrected chi connectivity index (χ3v) is 7.06. The molecule has 1 unspecified atom stereocenters. The van der Waals surface area contributed by atoms with Gasteiger partial charge in [-0.15, -0.1) is 0 Å². The van der Waals surface area contributed by atoms with Crippen LogP contribution < -0.4 is 4.74 Å². The number of hydrogen-bond acceptors (Lipinski definition) is 1. The van der Waals surface area contributed by atoms with E-state index in [1.54, 1.807) is 0 Å². The van der Waals surface area contributed by atoms with Crippen molar-refractivity contribution in [3.63, 3.8) is 0 Å². The topological polar surface area (TPSA) is 9.23 Å². The van der Waals surface area contributed by atoms with E-state index in [9.17, 15) is 0 Å². The zero-order chi connectivity index (χ0) is 20.6. The highest BCUT2D eigenvalue weighted by molar-refractivity contribution is 9.10. The van der Waals surface area contributed by atoms with Crippen LogP contribution in [-0.4, -0.2) is 0 Å². The minimum atomic E-state index is -0.464. The Bertz CT molecular complexity index is 1530. The normalized spacial score (nSPS) is 17.3. The molecule has 0 aromatic heterocycles. The highest BCUT2D eigenvalue weighted by Crippen LogP contribution is 2.62. The van der Waals surface area contributed by atoms with Crippen LogP contribution in [0.4, 0.5) is 0 Å². The molecule has 0 bridgehead atoms. The van der Waals surface area contributed by atoms with E-state index >= 15 is 0 Å². The lowest BCUT2D eigenvalue weighted by Gasteiger charge is -2.38. The zero-order valence-electron chi connectivity index (χ0n) is 16.4. The van der Waals surface area contributed by atoms with Crippen molar-refractivity contribution in [2.45, 2.75) is 5.41 Å². The monoisotopic (exact) mass is 458 g/mol. The summed E-state index contributed by atoms with van der Waals surface area (Å²) in [7, 11) is 0. The van der Waals surface area contributed by atoms with Gasteiger partial charge in [0.2, 0.25) is 0 Å². The summed E-state index contributed by atoms with van der Waals surface area (Å²) in [6.07, 6.45) is 0. The Balaban J connectivity index is 1.73. The average Bonchev–Trinajstić information content (AvgIpc) is 3.09. The summed E-state index contributed by atoms with van der Waals surface area (Å²) in [6, 6.07) is 39.0. The van der Waals surface area contributed by atoms with Crippen molar-refractivity contribution in [2.24, 2.45) is 0 Å². The van der Waals surface area contributed by atoms with Crippen LogP contribution in [0.5, 0.6) is 11.5 Å². The smallest absolute Gasteiger partial charge is 0.182 e. The van der Waals surface area contributed by atoms with Gasteiger partial charge in [-0.05, 0) is 79.3 Å². The first-order valence-electron chi connectivity index (χ1n) is 10.3. The molecule has 0 saturated carbocycles. The molecular weight excluding hydrogens is 444 g/mol. The largest absolute Gasteiger partial charge is 0.448 e. The Morgan fingerprint density at radius 1 is 0.613 bits per heavy atom. The zero-order valence-corrected chi connectivity index (χ0v) is 18.0. The number of ether oxygens (including phenoxy) is 1. The molecule has 7 rings (SSSR count). The molecular formula is C29H15BrO. The summed E-state index contributed by atoms with van der Waals surface area (Å²) in [5.74, 6) is 1.61. The van der Waals surface area contributed by atoms with E-state index in [1.807, 2.05) is 6.07 Å². The fraction of sp³-hybridized carbons (Fsp3) is 0.0345. The average molecular weight is 459 g/mol. The van der Waals surface area contributed by atoms with E-state index in [0.717, 1.165) is 27.1 Å². The maximum atomic E-state index is 6.33. The van der Waals surface area contributed by atoms with E-state index in [2.05, 4.69) is 113 Å². The van der Waals surface area contributed by atoms with Crippen molar-refractivity contribution < 1.29 is 4.74 Å². The van der Waals surface area contributed by atoms with Gasteiger partial charge in [0, 0.05) is 11.1 Å². The quantitative estimate of drug-likeness (QED) is 0.226. The molecule has 1 aliphatic carbocycles. The maximum absolute atomic E-state index is 6.33. The predicted octanol–water partition coefficient (Wildman–Crippen LogP) is 7.67. The van der Waals surface area contributed by atoms with Gasteiger partial charge in [0.15, 0.2) is 5.75 Å². The summed E-state index contributed by atoms with van der Waals surface area (Å²) in [6.45, 7) is 0. The Morgan fingerprint density at radius 3 is 2.19 bits per heavy atom. The minimum Gasteiger partial charge on any atom is -0.448 e. The van der Waals surface area contributed by atoms with Gasteiger partial charge in [-0.2, -0.15) is 0 Å². The van der Waals surface area contributed by atoms with Gasteiger partial charge >= 0.3 is 0 Å². The lowest BCUT2D eigenvalue weighted by Crippen LogP contribution is -2.32. The van der Waals surface area contributed by atoms with Gasteiger partial charge < -0.3 is 4.74 Å². The fourth-order valence-corrected chi connectivity index (χ4v) is 5.76. The molecule has 2 heteroatoms. The van der Waals surface area contributed by atoms with Gasteiger partial charge in [0.05, 0.1) is 9.89 Å². The summed E-state index contributed by atoms with van der Waals surface area (Å²) in [4.78, 5) is 0. The Morgan fingerprint density at radius 2 is 1.32 bits per heavy atom. The molecule has 1 aliphatic heterocycles. The van der Waals surface area contributed by atoms with Crippen molar-refractivity contribution in [1.82, 2.24) is 0 Å². The highest BCUT2D eigenvalue weighted by Gasteiger charge is 2.51. The number of rotatable bonds is 0. The molecule has 0 fully saturated rings. The number of hydrogen-bond donors (Lipinski definition) is 0. The predicted molar refractivity (Wildman–Crippen MR) is 127 cm³/mol. The van der Waals surface area contributed by atoms with Crippen LogP contribution in [0.1, 0.15) is 22.3 Å². The second kappa shape index (κ2) is 6.00. The second-order valence-corrected chi connectivity index (χ2v) is 8.98. The lowest BCUT2D eigenvalue weighted by molar-refractivity contribution is 0.436. The van der Waals surface area contributed by atoms with Gasteiger partial charge in [-0.1, -0.05) is 72.8 Å². The molecule has 5 aromatic rings. The molecule has 144 valence electrons. The molecule has 1 atom stereocenters. The molecule has 2 aliphatic rings. The first-order valence-corrected chi connectivity index (χ1v) is 11.1. The molecule has 0 radical (unpaired) electrons. The molecule has 1 heterocycles. The SMILES string of the molecule is Brc1c#cc2c(c1)C1(c3ccccc3O2)c2ccccc2-c2cc3ccccc3cc21. The van der Waals surface area contributed by atoms with E-state index in [-0.39, 0.29) is 0 Å². The molecule has 1 nitrogen and oxygen atoms in total. The molecule has 0 N–H and O–H groups in total. The van der Waals surface area contributed by atoms with Crippen LogP contribution in [0.2, 0.25) is 0 Å². The fourth-order valence-electron chi connectivity index (χ4n) is 5.44. The summed E-state index contributed by atoms with van der Waals surface area (Å²) < 4.78 is 7.20. The van der Waals surface area contributed by atoms with Crippen molar-refractivity contribution in [3.05, 3.63) is 130 Å². The Labute approximate surface area is 189 Å². The summed E-state index contributed by atoms with van der Waals surface area (Å²) in [5.41, 5.74) is 6.91. The standard InChI is InChI=1S/C29H15BrO/c30-20-13-14-28-26(17-20)29(24-11-5-6-12-27(24)31-28)23-10-4-3-9-21(23)22-15-18-7-1-2-8-19(18)16-25(22)29/h1-12,15-17H. The molecule has 0 amide bonds. The van der Waals surface area contributed by atoms with Gasteiger partial charge in [0.1, 0.15) is 5.75 Å². The van der Waals surface area contributed by atoms with E-state index < -0.39 is 5.41 Å². The van der Waals surface area contributed by atoms with Gasteiger partial charge in [0.25, 0.3) is 0 Å². The van der Waals surface area contributed by atoms with Gasteiger partial charge in [-0.3, -0.25) is 0 Å². The number of benzene rings is 4. The van der Waals surface area contributed by atoms with Crippen molar-refractivity contribution in [2.75, 3.05) is 0 Å². The van der Waals surface area contributed by atoms with E-state index in [1.165, 1.54) is 33.0 Å². The molecule has 1 spiro atoms. The first kappa shape index (κ1) is 17.2. The Kier molecular flexibility index (Phi) is 3.32. The second-order valence-electron chi connectivity index (χ2n) is 8.12. The highest BCUT2D eigenvalue weighted by atomic mass is 79.9. The van der Waals surface area contributed by atoms with Crippen molar-refractivity contribution in [1.29, 1.82) is 0 Å². The van der Waals surface area contributed by atoms with Crippen LogP contribution in [0.15, 0.2) is 95.5 Å². The van der Waals surface area contributed by atoms with Crippen LogP contribution in [-0.2, 0) is 5.41 Å². The van der Waals surface area contributed by atoms with E-state index in [4.69, 9.17) is 4.74 Å². The third-order valence-electron chi connectivity index (χ3n) is 6.63. The number of fused-ring (bicyclic) bond motifs is 10. The summed E-state index contributed by atoms with van der Waals surface area (Å²) in [5, 5.41) is 2.49. The summed E-state index contributed by atoms with van der Waals surface area (Å²) >= 11 is 3.64. The van der Waals surface area contributed by atoms with E-state index in [0.29, 0.717) is 0 Å². The van der Waals surface area contributed by atoms with Gasteiger partial charge in [-0.25, -0.2) is 0 Å². The van der Waals surface area contributed by atoms with Crippen LogP contribution in [0.3, 0.4) is 0 Å². The number of halogens is 1. The number of para-hydroxylation sites is 1. The van der Waals surface area contributed by atoms with Crippen LogP contribution in [0.25, 0.3) is 21.9 Å². The molecule has 5 aromatic carbocycles. The molecule has 31 heavy (non-hydrogen) atoms. The van der Waals surface area contributed by atoms with Crippen molar-refractivity contribution >= 4 is 26.7 Å².